The Morgan fingerprint density at radius 2 is 1.58 bits per heavy atom. The van der Waals surface area contributed by atoms with Crippen molar-refractivity contribution in [2.45, 2.75) is 103 Å². The molecule has 3 N–H and O–H groups in total. The van der Waals surface area contributed by atoms with Crippen molar-refractivity contribution >= 4 is 5.91 Å². The molecule has 0 aromatic heterocycles. The Hall–Kier alpha value is -2.01. The molecule has 5 heteroatoms. The molecule has 33 heavy (non-hydrogen) atoms. The third-order valence-electron chi connectivity index (χ3n) is 5.79. The summed E-state index contributed by atoms with van der Waals surface area (Å²) in [6.45, 7) is 3.66. The molecule has 1 aromatic carbocycles. The van der Waals surface area contributed by atoms with Crippen molar-refractivity contribution in [1.82, 2.24) is 5.32 Å². The van der Waals surface area contributed by atoms with Gasteiger partial charge >= 0.3 is 0 Å². The lowest BCUT2D eigenvalue weighted by molar-refractivity contribution is -0.121. The zero-order chi connectivity index (χ0) is 24.0. The molecule has 0 spiro atoms. The van der Waals surface area contributed by atoms with Crippen LogP contribution in [-0.2, 0) is 11.3 Å². The van der Waals surface area contributed by atoms with Crippen LogP contribution in [0, 0.1) is 0 Å². The number of unbranched alkanes of at least 4 members (excludes halogenated alkanes) is 11. The van der Waals surface area contributed by atoms with Gasteiger partial charge in [0.2, 0.25) is 5.91 Å². The fourth-order valence-corrected chi connectivity index (χ4v) is 3.78. The second-order valence-electron chi connectivity index (χ2n) is 8.72. The van der Waals surface area contributed by atoms with Crippen molar-refractivity contribution in [3.63, 3.8) is 0 Å². The first-order valence-electron chi connectivity index (χ1n) is 13.1. The van der Waals surface area contributed by atoms with Crippen LogP contribution in [0.1, 0.15) is 102 Å². The number of allylic oxidation sites excluding steroid dienone is 2. The van der Waals surface area contributed by atoms with Gasteiger partial charge in [-0.1, -0.05) is 70.4 Å². The topological polar surface area (TPSA) is 73.6 Å². The molecule has 5 nitrogen and oxygen atoms in total. The van der Waals surface area contributed by atoms with E-state index < -0.39 is 0 Å². The largest absolute Gasteiger partial charge is 0.496 e. The molecule has 0 atom stereocenters. The lowest BCUT2D eigenvalue weighted by Crippen LogP contribution is -2.22. The first-order valence-corrected chi connectivity index (χ1v) is 13.1. The van der Waals surface area contributed by atoms with Crippen LogP contribution in [0.4, 0.5) is 0 Å². The Labute approximate surface area is 202 Å². The number of nitrogens with two attached hydrogens (primary N) is 1. The summed E-state index contributed by atoms with van der Waals surface area (Å²) in [4.78, 5) is 12.2. The fourth-order valence-electron chi connectivity index (χ4n) is 3.78. The molecule has 1 aromatic rings. The molecule has 0 aliphatic rings. The summed E-state index contributed by atoms with van der Waals surface area (Å²) in [5.41, 5.74) is 6.41. The normalized spacial score (nSPS) is 11.1. The second-order valence-corrected chi connectivity index (χ2v) is 8.72. The van der Waals surface area contributed by atoms with Gasteiger partial charge in [-0.15, -0.1) is 0 Å². The maximum Gasteiger partial charge on any atom is 0.220 e. The number of amides is 1. The van der Waals surface area contributed by atoms with Crippen molar-refractivity contribution in [2.24, 2.45) is 5.73 Å². The number of ether oxygens (including phenoxy) is 2. The molecular weight excluding hydrogens is 412 g/mol. The van der Waals surface area contributed by atoms with Crippen LogP contribution in [0.15, 0.2) is 30.4 Å². The molecule has 0 saturated carbocycles. The van der Waals surface area contributed by atoms with Crippen LogP contribution in [0.2, 0.25) is 0 Å². The van der Waals surface area contributed by atoms with E-state index in [1.807, 2.05) is 18.2 Å². The standard InChI is InChI=1S/C28H48N2O3/c1-3-4-5-6-7-8-9-10-11-12-13-14-15-16-17-18-28(31)30-24-25-19-20-26(33-22-21-29)23-27(25)32-2/h10-11,19-20,23H,3-9,12-18,21-22,24,29H2,1-2H3,(H,30,31). The predicted molar refractivity (Wildman–Crippen MR) is 139 cm³/mol. The highest BCUT2D eigenvalue weighted by atomic mass is 16.5. The lowest BCUT2D eigenvalue weighted by Gasteiger charge is -2.12. The van der Waals surface area contributed by atoms with Crippen LogP contribution < -0.4 is 20.5 Å². The number of rotatable bonds is 21. The molecular formula is C28H48N2O3. The van der Waals surface area contributed by atoms with Gasteiger partial charge in [0.15, 0.2) is 0 Å². The minimum Gasteiger partial charge on any atom is -0.496 e. The number of methoxy groups -OCH3 is 1. The molecule has 1 amide bonds. The van der Waals surface area contributed by atoms with Crippen LogP contribution >= 0.6 is 0 Å². The first-order chi connectivity index (χ1) is 16.2. The smallest absolute Gasteiger partial charge is 0.220 e. The summed E-state index contributed by atoms with van der Waals surface area (Å²) in [6, 6.07) is 5.64. The van der Waals surface area contributed by atoms with Crippen molar-refractivity contribution in [1.29, 1.82) is 0 Å². The summed E-state index contributed by atoms with van der Waals surface area (Å²) in [7, 11) is 1.62. The zero-order valence-electron chi connectivity index (χ0n) is 21.2. The molecule has 0 radical (unpaired) electrons. The molecule has 0 heterocycles. The van der Waals surface area contributed by atoms with E-state index >= 15 is 0 Å². The van der Waals surface area contributed by atoms with E-state index in [0.717, 1.165) is 24.2 Å². The molecule has 1 rings (SSSR count). The second kappa shape index (κ2) is 20.6. The van der Waals surface area contributed by atoms with Crippen molar-refractivity contribution in [3.8, 4) is 11.5 Å². The van der Waals surface area contributed by atoms with Crippen LogP contribution in [0.3, 0.4) is 0 Å². The van der Waals surface area contributed by atoms with Gasteiger partial charge < -0.3 is 20.5 Å². The maximum atomic E-state index is 12.2. The van der Waals surface area contributed by atoms with Crippen molar-refractivity contribution < 1.29 is 14.3 Å². The quantitative estimate of drug-likeness (QED) is 0.158. The summed E-state index contributed by atoms with van der Waals surface area (Å²) < 4.78 is 10.9. The van der Waals surface area contributed by atoms with Gasteiger partial charge in [0, 0.05) is 31.1 Å². The van der Waals surface area contributed by atoms with Crippen molar-refractivity contribution in [2.75, 3.05) is 20.3 Å². The van der Waals surface area contributed by atoms with Gasteiger partial charge in [0.05, 0.1) is 7.11 Å². The van der Waals surface area contributed by atoms with E-state index in [2.05, 4.69) is 24.4 Å². The number of hydrogen-bond acceptors (Lipinski definition) is 4. The van der Waals surface area contributed by atoms with Crippen LogP contribution in [0.5, 0.6) is 11.5 Å². The van der Waals surface area contributed by atoms with Gasteiger partial charge in [0.25, 0.3) is 0 Å². The molecule has 0 fully saturated rings. The summed E-state index contributed by atoms with van der Waals surface area (Å²) in [5.74, 6) is 1.53. The highest BCUT2D eigenvalue weighted by molar-refractivity contribution is 5.75. The summed E-state index contributed by atoms with van der Waals surface area (Å²) in [6.07, 6.45) is 21.7. The Morgan fingerprint density at radius 3 is 2.21 bits per heavy atom. The summed E-state index contributed by atoms with van der Waals surface area (Å²) in [5, 5.41) is 3.00. The number of benzene rings is 1. The Balaban J connectivity index is 2.02. The molecule has 0 unspecified atom stereocenters. The van der Waals surface area contributed by atoms with Crippen LogP contribution in [-0.4, -0.2) is 26.2 Å². The van der Waals surface area contributed by atoms with E-state index in [-0.39, 0.29) is 5.91 Å². The number of hydrogen-bond donors (Lipinski definition) is 2. The molecule has 0 aliphatic carbocycles. The monoisotopic (exact) mass is 460 g/mol. The lowest BCUT2D eigenvalue weighted by atomic mass is 10.1. The third kappa shape index (κ3) is 15.5. The summed E-state index contributed by atoms with van der Waals surface area (Å²) >= 11 is 0. The van der Waals surface area contributed by atoms with Gasteiger partial charge in [0.1, 0.15) is 18.1 Å². The first kappa shape index (κ1) is 29.0. The molecule has 0 aliphatic heterocycles. The molecule has 188 valence electrons. The van der Waals surface area contributed by atoms with E-state index in [0.29, 0.717) is 31.9 Å². The van der Waals surface area contributed by atoms with Crippen molar-refractivity contribution in [3.05, 3.63) is 35.9 Å². The minimum atomic E-state index is 0.0955. The predicted octanol–water partition coefficient (Wildman–Crippen LogP) is 6.69. The minimum absolute atomic E-state index is 0.0955. The number of carbonyl (C=O) groups is 1. The Morgan fingerprint density at radius 1 is 0.939 bits per heavy atom. The number of carbonyl (C=O) groups excluding carboxylic acids is 1. The molecule has 0 saturated heterocycles. The Kier molecular flexibility index (Phi) is 18.1. The van der Waals surface area contributed by atoms with Gasteiger partial charge in [-0.05, 0) is 44.2 Å². The van der Waals surface area contributed by atoms with Gasteiger partial charge in [-0.2, -0.15) is 0 Å². The Bertz CT molecular complexity index is 646. The highest BCUT2D eigenvalue weighted by Crippen LogP contribution is 2.24. The molecule has 0 bridgehead atoms. The third-order valence-corrected chi connectivity index (χ3v) is 5.79. The average Bonchev–Trinajstić information content (AvgIpc) is 2.84. The van der Waals surface area contributed by atoms with E-state index in [9.17, 15) is 4.79 Å². The van der Waals surface area contributed by atoms with Gasteiger partial charge in [-0.3, -0.25) is 4.79 Å². The maximum absolute atomic E-state index is 12.2. The van der Waals surface area contributed by atoms with E-state index in [1.54, 1.807) is 7.11 Å². The fraction of sp³-hybridized carbons (Fsp3) is 0.679. The average molecular weight is 461 g/mol. The van der Waals surface area contributed by atoms with Crippen LogP contribution in [0.25, 0.3) is 0 Å². The zero-order valence-corrected chi connectivity index (χ0v) is 21.2. The SMILES string of the molecule is CCCCCCCCC=CCCCCCCCC(=O)NCc1ccc(OCCN)cc1OC. The highest BCUT2D eigenvalue weighted by Gasteiger charge is 2.07. The van der Waals surface area contributed by atoms with E-state index in [1.165, 1.54) is 70.6 Å². The van der Waals surface area contributed by atoms with E-state index in [4.69, 9.17) is 15.2 Å². The van der Waals surface area contributed by atoms with Gasteiger partial charge in [-0.25, -0.2) is 0 Å². The number of nitrogens with one attached hydrogen (secondary N) is 1.